The van der Waals surface area contributed by atoms with Gasteiger partial charge >= 0.3 is 5.97 Å². The molecular formula is C22H17N3O5S. The number of rotatable bonds is 5. The van der Waals surface area contributed by atoms with Crippen molar-refractivity contribution in [3.8, 4) is 11.5 Å². The zero-order valence-electron chi connectivity index (χ0n) is 16.3. The monoisotopic (exact) mass is 435 g/mol. The maximum atomic E-state index is 12.3. The summed E-state index contributed by atoms with van der Waals surface area (Å²) in [6, 6.07) is 20.0. The van der Waals surface area contributed by atoms with E-state index in [9.17, 15) is 13.2 Å². The summed E-state index contributed by atoms with van der Waals surface area (Å²) in [5.41, 5.74) is 4.18. The first-order valence-electron chi connectivity index (χ1n) is 9.16. The molecule has 4 rings (SSSR count). The van der Waals surface area contributed by atoms with Crippen LogP contribution in [0, 0.1) is 0 Å². The average molecular weight is 435 g/mol. The molecule has 156 valence electrons. The Morgan fingerprint density at radius 2 is 1.74 bits per heavy atom. The quantitative estimate of drug-likeness (QED) is 0.286. The van der Waals surface area contributed by atoms with Gasteiger partial charge in [0, 0.05) is 5.56 Å². The van der Waals surface area contributed by atoms with Crippen molar-refractivity contribution in [3.05, 3.63) is 89.5 Å². The molecule has 1 aliphatic rings. The highest BCUT2D eigenvalue weighted by atomic mass is 32.2. The van der Waals surface area contributed by atoms with Gasteiger partial charge in [0.05, 0.1) is 18.9 Å². The number of carbonyl (C=O) groups is 1. The van der Waals surface area contributed by atoms with Gasteiger partial charge in [-0.1, -0.05) is 30.3 Å². The van der Waals surface area contributed by atoms with Gasteiger partial charge in [-0.2, -0.15) is 13.5 Å². The van der Waals surface area contributed by atoms with E-state index < -0.39 is 16.0 Å². The molecule has 0 saturated heterocycles. The summed E-state index contributed by atoms with van der Waals surface area (Å²) in [7, 11) is -2.26. The molecule has 31 heavy (non-hydrogen) atoms. The van der Waals surface area contributed by atoms with Crippen LogP contribution in [0.5, 0.6) is 11.5 Å². The summed E-state index contributed by atoms with van der Waals surface area (Å²) in [5.74, 6) is 0.259. The Balaban J connectivity index is 1.49. The Morgan fingerprint density at radius 1 is 1.00 bits per heavy atom. The van der Waals surface area contributed by atoms with Crippen molar-refractivity contribution in [2.24, 2.45) is 9.50 Å². The fourth-order valence-corrected chi connectivity index (χ4v) is 4.11. The smallest absolute Gasteiger partial charge is 0.343 e. The summed E-state index contributed by atoms with van der Waals surface area (Å²) in [4.78, 5) is 12.4. The number of hydrazone groups is 1. The van der Waals surface area contributed by atoms with Gasteiger partial charge in [0.15, 0.2) is 17.3 Å². The maximum absolute atomic E-state index is 12.3. The molecule has 3 aromatic carbocycles. The molecule has 0 unspecified atom stereocenters. The van der Waals surface area contributed by atoms with Crippen molar-refractivity contribution in [1.82, 2.24) is 5.43 Å². The third-order valence-electron chi connectivity index (χ3n) is 4.42. The molecule has 3 aromatic rings. The normalized spacial score (nSPS) is 14.0. The lowest BCUT2D eigenvalue weighted by Crippen LogP contribution is -2.17. The second kappa shape index (κ2) is 8.41. The highest BCUT2D eigenvalue weighted by Gasteiger charge is 2.28. The average Bonchev–Trinajstić information content (AvgIpc) is 3.05. The van der Waals surface area contributed by atoms with Crippen LogP contribution in [-0.4, -0.2) is 33.5 Å². The number of nitrogens with one attached hydrogen (secondary N) is 1. The largest absolute Gasteiger partial charge is 0.493 e. The third kappa shape index (κ3) is 4.31. The molecule has 0 radical (unpaired) electrons. The predicted molar refractivity (Wildman–Crippen MR) is 115 cm³/mol. The van der Waals surface area contributed by atoms with E-state index in [1.54, 1.807) is 60.7 Å². The van der Waals surface area contributed by atoms with E-state index in [4.69, 9.17) is 9.47 Å². The third-order valence-corrected chi connectivity index (χ3v) is 5.75. The van der Waals surface area contributed by atoms with Gasteiger partial charge in [0.25, 0.3) is 10.0 Å². The molecule has 0 saturated carbocycles. The molecular weight excluding hydrogens is 418 g/mol. The number of nitrogens with zero attached hydrogens (tertiary/aromatic N) is 2. The number of benzene rings is 3. The minimum absolute atomic E-state index is 0.138. The maximum Gasteiger partial charge on any atom is 0.343 e. The lowest BCUT2D eigenvalue weighted by atomic mass is 10.2. The number of esters is 1. The van der Waals surface area contributed by atoms with E-state index in [1.807, 2.05) is 6.07 Å². The van der Waals surface area contributed by atoms with Gasteiger partial charge in [-0.15, -0.1) is 4.40 Å². The minimum Gasteiger partial charge on any atom is -0.493 e. The van der Waals surface area contributed by atoms with Crippen LogP contribution >= 0.6 is 0 Å². The second-order valence-corrected chi connectivity index (χ2v) is 8.02. The van der Waals surface area contributed by atoms with E-state index in [0.29, 0.717) is 22.4 Å². The van der Waals surface area contributed by atoms with E-state index in [1.165, 1.54) is 19.4 Å². The zero-order valence-corrected chi connectivity index (χ0v) is 17.2. The van der Waals surface area contributed by atoms with Crippen LogP contribution in [0.15, 0.2) is 87.2 Å². The van der Waals surface area contributed by atoms with Crippen molar-refractivity contribution in [2.45, 2.75) is 4.90 Å². The lowest BCUT2D eigenvalue weighted by Gasteiger charge is -2.10. The number of sulfonamides is 1. The highest BCUT2D eigenvalue weighted by molar-refractivity contribution is 7.90. The van der Waals surface area contributed by atoms with Crippen LogP contribution in [0.4, 0.5) is 0 Å². The number of carbonyl (C=O) groups excluding carboxylic acids is 1. The first-order chi connectivity index (χ1) is 15.0. The van der Waals surface area contributed by atoms with Crippen LogP contribution in [0.25, 0.3) is 0 Å². The molecule has 1 N–H and O–H groups in total. The Hall–Kier alpha value is -3.98. The van der Waals surface area contributed by atoms with Crippen molar-refractivity contribution >= 4 is 28.0 Å². The molecule has 1 aliphatic heterocycles. The molecule has 9 heteroatoms. The molecule has 0 aliphatic carbocycles. The summed E-state index contributed by atoms with van der Waals surface area (Å²) in [5, 5.41) is 4.07. The van der Waals surface area contributed by atoms with Crippen LogP contribution in [-0.2, 0) is 10.0 Å². The molecule has 0 bridgehead atoms. The Morgan fingerprint density at radius 3 is 2.52 bits per heavy atom. The molecule has 8 nitrogen and oxygen atoms in total. The fraction of sp³-hybridized carbons (Fsp3) is 0.0455. The van der Waals surface area contributed by atoms with Gasteiger partial charge in [-0.25, -0.2) is 4.79 Å². The van der Waals surface area contributed by atoms with Crippen molar-refractivity contribution < 1.29 is 22.7 Å². The number of ether oxygens (including phenoxy) is 2. The molecule has 0 aromatic heterocycles. The van der Waals surface area contributed by atoms with Gasteiger partial charge < -0.3 is 9.47 Å². The standard InChI is InChI=1S/C22H17N3O5S/c1-29-19-13-15(11-12-18(19)30-22(26)16-7-3-2-4-8-16)14-23-24-21-17-9-5-6-10-20(17)31(27,28)25-21/h2-14H,1H3,(H,24,25)/b23-14+. The molecule has 0 atom stereocenters. The van der Waals surface area contributed by atoms with Crippen molar-refractivity contribution in [2.75, 3.05) is 7.11 Å². The fourth-order valence-electron chi connectivity index (χ4n) is 2.94. The number of hydrogen-bond donors (Lipinski definition) is 1. The van der Waals surface area contributed by atoms with Crippen molar-refractivity contribution in [1.29, 1.82) is 0 Å². The minimum atomic E-state index is -3.72. The van der Waals surface area contributed by atoms with Gasteiger partial charge in [0.2, 0.25) is 0 Å². The van der Waals surface area contributed by atoms with Gasteiger partial charge in [0.1, 0.15) is 4.90 Å². The lowest BCUT2D eigenvalue weighted by molar-refractivity contribution is 0.0729. The first kappa shape index (κ1) is 20.3. The number of methoxy groups -OCH3 is 1. The highest BCUT2D eigenvalue weighted by Crippen LogP contribution is 2.28. The Bertz CT molecular complexity index is 1300. The number of amidine groups is 1. The topological polar surface area (TPSA) is 106 Å². The zero-order chi connectivity index (χ0) is 21.8. The molecule has 0 fully saturated rings. The first-order valence-corrected chi connectivity index (χ1v) is 10.6. The molecule has 0 spiro atoms. The summed E-state index contributed by atoms with van der Waals surface area (Å²) in [6.07, 6.45) is 1.47. The van der Waals surface area contributed by atoms with Crippen molar-refractivity contribution in [3.63, 3.8) is 0 Å². The van der Waals surface area contributed by atoms with E-state index in [2.05, 4.69) is 14.9 Å². The van der Waals surface area contributed by atoms with E-state index >= 15 is 0 Å². The summed E-state index contributed by atoms with van der Waals surface area (Å²) in [6.45, 7) is 0. The number of fused-ring (bicyclic) bond motifs is 1. The Kier molecular flexibility index (Phi) is 5.50. The van der Waals surface area contributed by atoms with Crippen LogP contribution in [0.1, 0.15) is 21.5 Å². The predicted octanol–water partition coefficient (Wildman–Crippen LogP) is 2.99. The molecule has 0 amide bonds. The van der Waals surface area contributed by atoms with E-state index in [0.717, 1.165) is 0 Å². The van der Waals surface area contributed by atoms with Gasteiger partial charge in [-0.05, 0) is 48.0 Å². The number of hydrogen-bond acceptors (Lipinski definition) is 7. The summed E-state index contributed by atoms with van der Waals surface area (Å²) < 4.78 is 38.6. The Labute approximate surface area is 178 Å². The van der Waals surface area contributed by atoms with Crippen LogP contribution in [0.3, 0.4) is 0 Å². The SMILES string of the molecule is COc1cc(/C=N/NC2=NS(=O)(=O)c3ccccc32)ccc1OC(=O)c1ccccc1. The summed E-state index contributed by atoms with van der Waals surface area (Å²) >= 11 is 0. The van der Waals surface area contributed by atoms with Crippen LogP contribution in [0.2, 0.25) is 0 Å². The van der Waals surface area contributed by atoms with Gasteiger partial charge in [-0.3, -0.25) is 5.43 Å². The van der Waals surface area contributed by atoms with Crippen LogP contribution < -0.4 is 14.9 Å². The molecule has 1 heterocycles. The van der Waals surface area contributed by atoms with E-state index in [-0.39, 0.29) is 16.5 Å². The second-order valence-electron chi connectivity index (χ2n) is 6.45.